The van der Waals surface area contributed by atoms with Crippen LogP contribution in [0.2, 0.25) is 0 Å². The maximum Gasteiger partial charge on any atom is 0.311 e. The molecule has 1 N–H and O–H groups in total. The molecule has 0 saturated carbocycles. The molecule has 6 heteroatoms. The maximum absolute atomic E-state index is 12.0. The lowest BCUT2D eigenvalue weighted by molar-refractivity contribution is -0.134. The molecular formula is C22H22N2O4. The summed E-state index contributed by atoms with van der Waals surface area (Å²) in [6, 6.07) is 18.2. The van der Waals surface area contributed by atoms with Crippen LogP contribution in [0.5, 0.6) is 5.75 Å². The van der Waals surface area contributed by atoms with Gasteiger partial charge in [0.1, 0.15) is 17.4 Å². The molecule has 0 aliphatic carbocycles. The highest BCUT2D eigenvalue weighted by molar-refractivity contribution is 6.01. The SMILES string of the molecule is COCCNC(=O)/C(C#N)=C/c1ccc(OC(=O)CCc2ccccc2)cc1. The second-order valence-electron chi connectivity index (χ2n) is 5.95. The molecule has 0 unspecified atom stereocenters. The van der Waals surface area contributed by atoms with Crippen molar-refractivity contribution in [2.45, 2.75) is 12.8 Å². The van der Waals surface area contributed by atoms with Gasteiger partial charge >= 0.3 is 5.97 Å². The molecule has 144 valence electrons. The van der Waals surface area contributed by atoms with E-state index in [0.717, 1.165) is 5.56 Å². The van der Waals surface area contributed by atoms with Gasteiger partial charge in [-0.15, -0.1) is 0 Å². The number of benzene rings is 2. The number of nitriles is 1. The van der Waals surface area contributed by atoms with Crippen LogP contribution < -0.4 is 10.1 Å². The number of carbonyl (C=O) groups is 2. The minimum absolute atomic E-state index is 0.0105. The quantitative estimate of drug-likeness (QED) is 0.238. The lowest BCUT2D eigenvalue weighted by Gasteiger charge is -2.06. The van der Waals surface area contributed by atoms with Crippen LogP contribution in [-0.4, -0.2) is 32.1 Å². The van der Waals surface area contributed by atoms with Crippen LogP contribution in [0.4, 0.5) is 0 Å². The van der Waals surface area contributed by atoms with E-state index in [0.29, 0.717) is 30.9 Å². The predicted octanol–water partition coefficient (Wildman–Crippen LogP) is 2.89. The van der Waals surface area contributed by atoms with E-state index < -0.39 is 5.91 Å². The molecule has 0 spiro atoms. The second kappa shape index (κ2) is 11.3. The predicted molar refractivity (Wildman–Crippen MR) is 105 cm³/mol. The third-order valence-corrected chi connectivity index (χ3v) is 3.84. The fraction of sp³-hybridized carbons (Fsp3) is 0.227. The molecule has 0 aliphatic heterocycles. The Morgan fingerprint density at radius 2 is 1.82 bits per heavy atom. The van der Waals surface area contributed by atoms with Crippen molar-refractivity contribution in [1.29, 1.82) is 5.26 Å². The van der Waals surface area contributed by atoms with Gasteiger partial charge in [0, 0.05) is 20.1 Å². The number of hydrogen-bond acceptors (Lipinski definition) is 5. The second-order valence-corrected chi connectivity index (χ2v) is 5.95. The van der Waals surface area contributed by atoms with Gasteiger partial charge in [0.25, 0.3) is 5.91 Å². The molecule has 0 bridgehead atoms. The van der Waals surface area contributed by atoms with Gasteiger partial charge in [0.2, 0.25) is 0 Å². The van der Waals surface area contributed by atoms with Crippen LogP contribution in [0.3, 0.4) is 0 Å². The van der Waals surface area contributed by atoms with Crippen molar-refractivity contribution in [3.63, 3.8) is 0 Å². The number of nitrogens with zero attached hydrogens (tertiary/aromatic N) is 1. The Kier molecular flexibility index (Phi) is 8.44. The molecule has 0 heterocycles. The third-order valence-electron chi connectivity index (χ3n) is 3.84. The summed E-state index contributed by atoms with van der Waals surface area (Å²) >= 11 is 0. The highest BCUT2D eigenvalue weighted by Gasteiger charge is 2.09. The highest BCUT2D eigenvalue weighted by atomic mass is 16.5. The molecular weight excluding hydrogens is 356 g/mol. The molecule has 6 nitrogen and oxygen atoms in total. The first-order valence-corrected chi connectivity index (χ1v) is 8.86. The lowest BCUT2D eigenvalue weighted by atomic mass is 10.1. The van der Waals surface area contributed by atoms with Crippen LogP contribution in [-0.2, 0) is 20.7 Å². The van der Waals surface area contributed by atoms with E-state index in [-0.39, 0.29) is 18.0 Å². The molecule has 2 aromatic rings. The van der Waals surface area contributed by atoms with Crippen molar-refractivity contribution in [2.75, 3.05) is 20.3 Å². The normalized spacial score (nSPS) is 10.8. The number of rotatable bonds is 9. The number of ether oxygens (including phenoxy) is 2. The van der Waals surface area contributed by atoms with Crippen molar-refractivity contribution in [3.05, 3.63) is 71.3 Å². The molecule has 28 heavy (non-hydrogen) atoms. The zero-order valence-electron chi connectivity index (χ0n) is 15.7. The van der Waals surface area contributed by atoms with Gasteiger partial charge in [-0.25, -0.2) is 0 Å². The molecule has 0 aliphatic rings. The Morgan fingerprint density at radius 1 is 1.11 bits per heavy atom. The highest BCUT2D eigenvalue weighted by Crippen LogP contribution is 2.16. The van der Waals surface area contributed by atoms with Crippen LogP contribution >= 0.6 is 0 Å². The van der Waals surface area contributed by atoms with Crippen molar-refractivity contribution in [2.24, 2.45) is 0 Å². The van der Waals surface area contributed by atoms with Gasteiger partial charge in [-0.2, -0.15) is 5.26 Å². The summed E-state index contributed by atoms with van der Waals surface area (Å²) in [4.78, 5) is 23.9. The first-order chi connectivity index (χ1) is 13.6. The number of nitrogens with one attached hydrogen (secondary N) is 1. The summed E-state index contributed by atoms with van der Waals surface area (Å²) in [6.45, 7) is 0.695. The summed E-state index contributed by atoms with van der Waals surface area (Å²) in [5.41, 5.74) is 1.72. The van der Waals surface area contributed by atoms with Crippen LogP contribution in [0.1, 0.15) is 17.5 Å². The maximum atomic E-state index is 12.0. The zero-order valence-corrected chi connectivity index (χ0v) is 15.7. The van der Waals surface area contributed by atoms with E-state index >= 15 is 0 Å². The largest absolute Gasteiger partial charge is 0.427 e. The zero-order chi connectivity index (χ0) is 20.2. The van der Waals surface area contributed by atoms with E-state index in [4.69, 9.17) is 14.7 Å². The van der Waals surface area contributed by atoms with Gasteiger partial charge in [-0.05, 0) is 35.8 Å². The average molecular weight is 378 g/mol. The number of amides is 1. The minimum atomic E-state index is -0.462. The van der Waals surface area contributed by atoms with Gasteiger partial charge in [0.05, 0.1) is 6.61 Å². The Balaban J connectivity index is 1.90. The van der Waals surface area contributed by atoms with Gasteiger partial charge in [-0.1, -0.05) is 42.5 Å². The molecule has 0 aromatic heterocycles. The Hall–Kier alpha value is -3.43. The molecule has 1 amide bonds. The fourth-order valence-corrected chi connectivity index (χ4v) is 2.38. The number of hydrogen-bond donors (Lipinski definition) is 1. The summed E-state index contributed by atoms with van der Waals surface area (Å²) in [7, 11) is 1.53. The van der Waals surface area contributed by atoms with Crippen molar-refractivity contribution in [3.8, 4) is 11.8 Å². The molecule has 0 saturated heterocycles. The first-order valence-electron chi connectivity index (χ1n) is 8.86. The van der Waals surface area contributed by atoms with Crippen molar-refractivity contribution >= 4 is 18.0 Å². The average Bonchev–Trinajstić information content (AvgIpc) is 2.72. The monoisotopic (exact) mass is 378 g/mol. The third kappa shape index (κ3) is 7.06. The lowest BCUT2D eigenvalue weighted by Crippen LogP contribution is -2.27. The van der Waals surface area contributed by atoms with E-state index in [1.165, 1.54) is 13.2 Å². The molecule has 0 fully saturated rings. The number of methoxy groups -OCH3 is 1. The van der Waals surface area contributed by atoms with Crippen molar-refractivity contribution in [1.82, 2.24) is 5.32 Å². The van der Waals surface area contributed by atoms with E-state index in [9.17, 15) is 9.59 Å². The molecule has 0 atom stereocenters. The van der Waals surface area contributed by atoms with Crippen LogP contribution in [0.25, 0.3) is 6.08 Å². The molecule has 2 rings (SSSR count). The number of aryl methyl sites for hydroxylation is 1. The number of esters is 1. The Labute approximate surface area is 164 Å². The van der Waals surface area contributed by atoms with Gasteiger partial charge in [-0.3, -0.25) is 9.59 Å². The summed E-state index contributed by atoms with van der Waals surface area (Å²) in [5, 5.41) is 11.8. The van der Waals surface area contributed by atoms with Crippen LogP contribution in [0, 0.1) is 11.3 Å². The van der Waals surface area contributed by atoms with Gasteiger partial charge in [0.15, 0.2) is 0 Å². The summed E-state index contributed by atoms with van der Waals surface area (Å²) < 4.78 is 10.2. The first kappa shape index (κ1) is 20.9. The summed E-state index contributed by atoms with van der Waals surface area (Å²) in [6.07, 6.45) is 2.37. The fourth-order valence-electron chi connectivity index (χ4n) is 2.38. The van der Waals surface area contributed by atoms with E-state index in [1.54, 1.807) is 24.3 Å². The molecule has 2 aromatic carbocycles. The Bertz CT molecular complexity index is 852. The van der Waals surface area contributed by atoms with Crippen LogP contribution in [0.15, 0.2) is 60.2 Å². The smallest absolute Gasteiger partial charge is 0.311 e. The number of carbonyl (C=O) groups excluding carboxylic acids is 2. The molecule has 0 radical (unpaired) electrons. The van der Waals surface area contributed by atoms with E-state index in [1.807, 2.05) is 36.4 Å². The van der Waals surface area contributed by atoms with Gasteiger partial charge < -0.3 is 14.8 Å². The van der Waals surface area contributed by atoms with E-state index in [2.05, 4.69) is 5.32 Å². The minimum Gasteiger partial charge on any atom is -0.427 e. The Morgan fingerprint density at radius 3 is 2.46 bits per heavy atom. The van der Waals surface area contributed by atoms with Crippen molar-refractivity contribution < 1.29 is 19.1 Å². The topological polar surface area (TPSA) is 88.4 Å². The standard InChI is InChI=1S/C22H22N2O4/c1-27-14-13-24-22(26)19(16-23)15-18-7-10-20(11-8-18)28-21(25)12-9-17-5-3-2-4-6-17/h2-8,10-11,15H,9,12-14H2,1H3,(H,24,26)/b19-15+. The summed E-state index contributed by atoms with van der Waals surface area (Å²) in [5.74, 6) is -0.364.